The maximum Gasteiger partial charge on any atom is 0.0975 e. The van der Waals surface area contributed by atoms with Crippen LogP contribution in [-0.4, -0.2) is 15.2 Å². The van der Waals surface area contributed by atoms with Crippen LogP contribution in [0.3, 0.4) is 0 Å². The average Bonchev–Trinajstić information content (AvgIpc) is 3.14. The summed E-state index contributed by atoms with van der Waals surface area (Å²) >= 11 is 0. The van der Waals surface area contributed by atoms with Crippen molar-refractivity contribution in [1.29, 1.82) is 10.5 Å². The Morgan fingerprint density at radius 2 is 1.86 bits per heavy atom. The zero-order valence-electron chi connectivity index (χ0n) is 16.1. The first-order chi connectivity index (χ1) is 14.1. The second kappa shape index (κ2) is 7.49. The van der Waals surface area contributed by atoms with Crippen LogP contribution < -0.4 is 10.6 Å². The molecule has 0 amide bonds. The molecule has 3 aromatic rings. The van der Waals surface area contributed by atoms with Gasteiger partial charge in [-0.1, -0.05) is 6.07 Å². The van der Waals surface area contributed by atoms with Crippen LogP contribution in [0.25, 0.3) is 10.9 Å². The lowest BCUT2D eigenvalue weighted by Crippen LogP contribution is -2.23. The first kappa shape index (κ1) is 18.3. The van der Waals surface area contributed by atoms with Gasteiger partial charge in [-0.25, -0.2) is 0 Å². The Kier molecular flexibility index (Phi) is 4.72. The number of benzene rings is 1. The minimum absolute atomic E-state index is 0.385. The molecule has 0 saturated heterocycles. The minimum Gasteiger partial charge on any atom is -0.378 e. The minimum atomic E-state index is -0.385. The summed E-state index contributed by atoms with van der Waals surface area (Å²) in [4.78, 5) is 4.11. The highest BCUT2D eigenvalue weighted by Gasteiger charge is 2.29. The maximum absolute atomic E-state index is 9.72. The van der Waals surface area contributed by atoms with Crippen molar-refractivity contribution >= 4 is 16.6 Å². The Hall–Kier alpha value is -4.10. The van der Waals surface area contributed by atoms with E-state index in [9.17, 15) is 10.5 Å². The highest BCUT2D eigenvalue weighted by Crippen LogP contribution is 2.38. The predicted octanol–water partition coefficient (Wildman–Crippen LogP) is 3.85. The predicted molar refractivity (Wildman–Crippen MR) is 110 cm³/mol. The largest absolute Gasteiger partial charge is 0.378 e. The second-order valence-electron chi connectivity index (χ2n) is 6.93. The van der Waals surface area contributed by atoms with Crippen molar-refractivity contribution in [3.05, 3.63) is 76.5 Å². The van der Waals surface area contributed by atoms with E-state index in [0.717, 1.165) is 39.2 Å². The van der Waals surface area contributed by atoms with Crippen molar-refractivity contribution in [2.45, 2.75) is 26.3 Å². The fraction of sp³-hybridized carbons (Fsp3) is 0.182. The number of allylic oxidation sites excluding steroid dienone is 4. The van der Waals surface area contributed by atoms with Crippen LogP contribution in [-0.2, 0) is 6.54 Å². The van der Waals surface area contributed by atoms with Gasteiger partial charge in [-0.15, -0.1) is 0 Å². The molecule has 29 heavy (non-hydrogen) atoms. The summed E-state index contributed by atoms with van der Waals surface area (Å²) in [6.07, 6.45) is 3.49. The van der Waals surface area contributed by atoms with E-state index in [0.29, 0.717) is 17.7 Å². The van der Waals surface area contributed by atoms with Gasteiger partial charge in [0.1, 0.15) is 0 Å². The van der Waals surface area contributed by atoms with Crippen molar-refractivity contribution in [3.63, 3.8) is 0 Å². The van der Waals surface area contributed by atoms with Gasteiger partial charge in [-0.05, 0) is 43.7 Å². The number of nitrogens with zero attached hydrogens (tertiary/aromatic N) is 4. The summed E-state index contributed by atoms with van der Waals surface area (Å²) in [5.41, 5.74) is 6.26. The van der Waals surface area contributed by atoms with Crippen molar-refractivity contribution in [3.8, 4) is 12.1 Å². The molecule has 0 aliphatic carbocycles. The summed E-state index contributed by atoms with van der Waals surface area (Å²) in [6, 6.07) is 14.3. The molecule has 0 radical (unpaired) electrons. The Labute approximate surface area is 168 Å². The second-order valence-corrected chi connectivity index (χ2v) is 6.93. The molecule has 7 heteroatoms. The third-order valence-corrected chi connectivity index (χ3v) is 5.12. The van der Waals surface area contributed by atoms with Gasteiger partial charge in [0.15, 0.2) is 0 Å². The summed E-state index contributed by atoms with van der Waals surface area (Å²) < 4.78 is 0. The Balaban J connectivity index is 1.74. The highest BCUT2D eigenvalue weighted by atomic mass is 15.1. The molecule has 2 aromatic heterocycles. The van der Waals surface area contributed by atoms with E-state index in [1.807, 2.05) is 44.2 Å². The van der Waals surface area contributed by atoms with E-state index >= 15 is 0 Å². The molecule has 0 saturated carbocycles. The number of aromatic amines is 1. The lowest BCUT2D eigenvalue weighted by molar-refractivity contribution is 0.815. The number of H-pyrrole nitrogens is 1. The van der Waals surface area contributed by atoms with E-state index in [1.54, 1.807) is 12.4 Å². The first-order valence-electron chi connectivity index (χ1n) is 9.22. The third-order valence-electron chi connectivity index (χ3n) is 5.12. The number of aromatic nitrogens is 3. The number of anilines is 1. The van der Waals surface area contributed by atoms with Crippen LogP contribution in [0.5, 0.6) is 0 Å². The quantitative estimate of drug-likeness (QED) is 0.632. The molecule has 3 N–H and O–H groups in total. The van der Waals surface area contributed by atoms with Crippen molar-refractivity contribution in [1.82, 2.24) is 20.5 Å². The van der Waals surface area contributed by atoms with Crippen molar-refractivity contribution < 1.29 is 0 Å². The summed E-state index contributed by atoms with van der Waals surface area (Å²) in [7, 11) is 0. The lowest BCUT2D eigenvalue weighted by Gasteiger charge is -2.26. The van der Waals surface area contributed by atoms with E-state index in [1.165, 1.54) is 0 Å². The summed E-state index contributed by atoms with van der Waals surface area (Å²) in [5.74, 6) is -0.385. The van der Waals surface area contributed by atoms with Gasteiger partial charge < -0.3 is 10.6 Å². The van der Waals surface area contributed by atoms with Crippen LogP contribution >= 0.6 is 0 Å². The van der Waals surface area contributed by atoms with Gasteiger partial charge >= 0.3 is 0 Å². The Morgan fingerprint density at radius 3 is 2.52 bits per heavy atom. The lowest BCUT2D eigenvalue weighted by atomic mass is 9.81. The summed E-state index contributed by atoms with van der Waals surface area (Å²) in [5, 5.41) is 34.3. The molecule has 142 valence electrons. The van der Waals surface area contributed by atoms with Crippen molar-refractivity contribution in [2.24, 2.45) is 0 Å². The highest BCUT2D eigenvalue weighted by molar-refractivity contribution is 5.83. The van der Waals surface area contributed by atoms with E-state index in [4.69, 9.17) is 0 Å². The number of nitriles is 2. The molecule has 0 bridgehead atoms. The number of pyridine rings is 1. The number of dihydropyridines is 1. The molecule has 1 aliphatic heterocycles. The number of nitrogens with one attached hydrogen (secondary N) is 3. The normalized spacial score (nSPS) is 14.5. The van der Waals surface area contributed by atoms with Crippen LogP contribution in [0.15, 0.2) is 65.3 Å². The molecule has 4 rings (SSSR count). The zero-order chi connectivity index (χ0) is 20.4. The number of hydrogen-bond donors (Lipinski definition) is 3. The molecule has 3 heterocycles. The molecule has 0 unspecified atom stereocenters. The zero-order valence-corrected chi connectivity index (χ0v) is 16.1. The topological polar surface area (TPSA) is 113 Å². The standard InChI is InChI=1S/C22H19N7/c1-13-18(9-23)22(19(10-24)14(2)27-13)15-5-6-20-17(8-15)21(29-28-20)12-26-16-4-3-7-25-11-16/h3-8,11,22,26-27H,12H2,1-2H3,(H,28,29). The van der Waals surface area contributed by atoms with Crippen LogP contribution in [0.2, 0.25) is 0 Å². The molecular formula is C22H19N7. The molecule has 1 aromatic carbocycles. The van der Waals surface area contributed by atoms with Crippen molar-refractivity contribution in [2.75, 3.05) is 5.32 Å². The van der Waals surface area contributed by atoms with Gasteiger partial charge in [-0.3, -0.25) is 10.1 Å². The van der Waals surface area contributed by atoms with E-state index in [-0.39, 0.29) is 5.92 Å². The van der Waals surface area contributed by atoms with E-state index < -0.39 is 0 Å². The molecule has 0 spiro atoms. The monoisotopic (exact) mass is 381 g/mol. The third kappa shape index (κ3) is 3.30. The van der Waals surface area contributed by atoms with Gasteiger partial charge in [0.25, 0.3) is 0 Å². The average molecular weight is 381 g/mol. The van der Waals surface area contributed by atoms with Crippen LogP contribution in [0.4, 0.5) is 5.69 Å². The van der Waals surface area contributed by atoms with E-state index in [2.05, 4.69) is 38.0 Å². The first-order valence-corrected chi connectivity index (χ1v) is 9.22. The maximum atomic E-state index is 9.72. The van der Waals surface area contributed by atoms with Gasteiger partial charge in [0, 0.05) is 29.2 Å². The van der Waals surface area contributed by atoms with Crippen LogP contribution in [0, 0.1) is 22.7 Å². The molecule has 0 atom stereocenters. The SMILES string of the molecule is CC1=C(C#N)C(c2ccc3n[nH]c(CNc4cccnc4)c3c2)C(C#N)=C(C)N1. The number of rotatable bonds is 4. The molecular weight excluding hydrogens is 362 g/mol. The molecule has 0 fully saturated rings. The Morgan fingerprint density at radius 1 is 1.10 bits per heavy atom. The smallest absolute Gasteiger partial charge is 0.0975 e. The van der Waals surface area contributed by atoms with Gasteiger partial charge in [0.2, 0.25) is 0 Å². The number of hydrogen-bond acceptors (Lipinski definition) is 6. The van der Waals surface area contributed by atoms with Crippen LogP contribution in [0.1, 0.15) is 31.0 Å². The summed E-state index contributed by atoms with van der Waals surface area (Å²) in [6.45, 7) is 4.28. The fourth-order valence-corrected chi connectivity index (χ4v) is 3.68. The van der Waals surface area contributed by atoms with Gasteiger partial charge in [0.05, 0.1) is 52.6 Å². The molecule has 7 nitrogen and oxygen atoms in total. The van der Waals surface area contributed by atoms with Gasteiger partial charge in [-0.2, -0.15) is 15.6 Å². The fourth-order valence-electron chi connectivity index (χ4n) is 3.68. The molecule has 1 aliphatic rings. The number of fused-ring (bicyclic) bond motifs is 1. The Bertz CT molecular complexity index is 1180.